The zero-order valence-corrected chi connectivity index (χ0v) is 12.8. The van der Waals surface area contributed by atoms with Gasteiger partial charge in [-0.1, -0.05) is 41.9 Å². The second-order valence-electron chi connectivity index (χ2n) is 5.19. The largest absolute Gasteiger partial charge is 0.278 e. The molecule has 0 spiro atoms. The van der Waals surface area contributed by atoms with Gasteiger partial charge in [-0.2, -0.15) is 0 Å². The summed E-state index contributed by atoms with van der Waals surface area (Å²) >= 11 is 6.19. The first-order valence-corrected chi connectivity index (χ1v) is 7.55. The molecule has 23 heavy (non-hydrogen) atoms. The van der Waals surface area contributed by atoms with Crippen LogP contribution in [0.1, 0.15) is 22.8 Å². The standard InChI is InChI=1S/C17H12ClFN4/c18-12-6-7-14-13(8-12)17(11-4-2-1-3-5-11)20-10-16-22-21-15(9-19)23(14)16/h1-8H,9-10H2. The van der Waals surface area contributed by atoms with Crippen molar-refractivity contribution >= 4 is 17.3 Å². The molecule has 2 aromatic carbocycles. The molecule has 0 atom stereocenters. The van der Waals surface area contributed by atoms with Crippen LogP contribution in [0.2, 0.25) is 5.02 Å². The molecule has 3 aromatic rings. The number of aliphatic imine (C=N–C) groups is 1. The Morgan fingerprint density at radius 1 is 1.09 bits per heavy atom. The van der Waals surface area contributed by atoms with Gasteiger partial charge in [-0.15, -0.1) is 10.2 Å². The van der Waals surface area contributed by atoms with Crippen LogP contribution in [-0.2, 0) is 13.2 Å². The summed E-state index contributed by atoms with van der Waals surface area (Å²) in [5, 5.41) is 8.59. The summed E-state index contributed by atoms with van der Waals surface area (Å²) in [6.45, 7) is -0.348. The van der Waals surface area contributed by atoms with Crippen molar-refractivity contribution in [2.24, 2.45) is 4.99 Å². The number of hydrogen-bond donors (Lipinski definition) is 0. The maximum Gasteiger partial charge on any atom is 0.169 e. The lowest BCUT2D eigenvalue weighted by Crippen LogP contribution is -2.09. The number of fused-ring (bicyclic) bond motifs is 3. The van der Waals surface area contributed by atoms with Gasteiger partial charge in [-0.25, -0.2) is 4.39 Å². The van der Waals surface area contributed by atoms with Crippen LogP contribution in [0.15, 0.2) is 53.5 Å². The average Bonchev–Trinajstić information content (AvgIpc) is 2.92. The lowest BCUT2D eigenvalue weighted by molar-refractivity contribution is 0.459. The van der Waals surface area contributed by atoms with Gasteiger partial charge in [0.15, 0.2) is 11.6 Å². The zero-order chi connectivity index (χ0) is 15.8. The average molecular weight is 327 g/mol. The van der Waals surface area contributed by atoms with E-state index in [1.165, 1.54) is 0 Å². The van der Waals surface area contributed by atoms with Crippen LogP contribution in [0.4, 0.5) is 4.39 Å². The molecule has 1 aliphatic rings. The van der Waals surface area contributed by atoms with Crippen molar-refractivity contribution in [1.29, 1.82) is 0 Å². The minimum Gasteiger partial charge on any atom is -0.278 e. The van der Waals surface area contributed by atoms with E-state index in [1.807, 2.05) is 42.5 Å². The molecule has 114 valence electrons. The van der Waals surface area contributed by atoms with Crippen molar-refractivity contribution in [1.82, 2.24) is 14.8 Å². The molecule has 1 aromatic heterocycles. The lowest BCUT2D eigenvalue weighted by atomic mass is 10.0. The Morgan fingerprint density at radius 2 is 1.91 bits per heavy atom. The minimum atomic E-state index is -0.685. The minimum absolute atomic E-state index is 0.271. The predicted octanol–water partition coefficient (Wildman–Crippen LogP) is 3.74. The summed E-state index contributed by atoms with van der Waals surface area (Å²) in [6.07, 6.45) is 0. The van der Waals surface area contributed by atoms with Crippen molar-refractivity contribution in [3.8, 4) is 5.69 Å². The third-order valence-corrected chi connectivity index (χ3v) is 4.03. The topological polar surface area (TPSA) is 43.1 Å². The second-order valence-corrected chi connectivity index (χ2v) is 5.63. The summed E-state index contributed by atoms with van der Waals surface area (Å²) in [5.74, 6) is 0.889. The van der Waals surface area contributed by atoms with E-state index in [1.54, 1.807) is 10.6 Å². The Bertz CT molecular complexity index is 902. The summed E-state index contributed by atoms with van der Waals surface area (Å²) < 4.78 is 15.0. The molecule has 0 N–H and O–H groups in total. The summed E-state index contributed by atoms with van der Waals surface area (Å²) in [7, 11) is 0. The highest BCUT2D eigenvalue weighted by molar-refractivity contribution is 6.31. The maximum atomic E-state index is 13.3. The van der Waals surface area contributed by atoms with Gasteiger partial charge in [0.2, 0.25) is 0 Å². The molecule has 0 unspecified atom stereocenters. The molecule has 4 rings (SSSR count). The van der Waals surface area contributed by atoms with Crippen LogP contribution in [0.3, 0.4) is 0 Å². The van der Waals surface area contributed by atoms with Gasteiger partial charge in [0.05, 0.1) is 11.4 Å². The monoisotopic (exact) mass is 326 g/mol. The molecule has 0 amide bonds. The molecular formula is C17H12ClFN4. The highest BCUT2D eigenvalue weighted by Gasteiger charge is 2.22. The van der Waals surface area contributed by atoms with E-state index in [2.05, 4.69) is 15.2 Å². The van der Waals surface area contributed by atoms with Gasteiger partial charge in [0.1, 0.15) is 13.2 Å². The van der Waals surface area contributed by atoms with Crippen LogP contribution in [0.25, 0.3) is 5.69 Å². The van der Waals surface area contributed by atoms with Crippen molar-refractivity contribution < 1.29 is 4.39 Å². The summed E-state index contributed by atoms with van der Waals surface area (Å²) in [4.78, 5) is 4.68. The van der Waals surface area contributed by atoms with E-state index >= 15 is 0 Å². The third kappa shape index (κ3) is 2.33. The number of nitrogens with zero attached hydrogens (tertiary/aromatic N) is 4. The quantitative estimate of drug-likeness (QED) is 0.720. The fourth-order valence-electron chi connectivity index (χ4n) is 2.79. The fourth-order valence-corrected chi connectivity index (χ4v) is 2.96. The predicted molar refractivity (Wildman–Crippen MR) is 87.0 cm³/mol. The Kier molecular flexibility index (Phi) is 3.42. The second kappa shape index (κ2) is 5.59. The smallest absolute Gasteiger partial charge is 0.169 e. The number of aromatic nitrogens is 3. The molecule has 1 aliphatic heterocycles. The molecule has 0 radical (unpaired) electrons. The SMILES string of the molecule is FCc1nnc2n1-c1ccc(Cl)cc1C(c1ccccc1)=NC2. The van der Waals surface area contributed by atoms with E-state index in [9.17, 15) is 4.39 Å². The first-order valence-electron chi connectivity index (χ1n) is 7.17. The van der Waals surface area contributed by atoms with E-state index in [4.69, 9.17) is 11.6 Å². The molecular weight excluding hydrogens is 315 g/mol. The van der Waals surface area contributed by atoms with Crippen LogP contribution in [0, 0.1) is 0 Å². The number of benzene rings is 2. The van der Waals surface area contributed by atoms with Gasteiger partial charge in [0, 0.05) is 16.1 Å². The maximum absolute atomic E-state index is 13.3. The molecule has 2 heterocycles. The molecule has 6 heteroatoms. The molecule has 0 fully saturated rings. The van der Waals surface area contributed by atoms with Crippen LogP contribution >= 0.6 is 11.6 Å². The van der Waals surface area contributed by atoms with Crippen LogP contribution in [0.5, 0.6) is 0 Å². The van der Waals surface area contributed by atoms with Gasteiger partial charge in [-0.3, -0.25) is 9.56 Å². The van der Waals surface area contributed by atoms with Crippen molar-refractivity contribution in [3.63, 3.8) is 0 Å². The van der Waals surface area contributed by atoms with Gasteiger partial charge in [-0.05, 0) is 18.2 Å². The lowest BCUT2D eigenvalue weighted by Gasteiger charge is -2.13. The van der Waals surface area contributed by atoms with Gasteiger partial charge >= 0.3 is 0 Å². The van der Waals surface area contributed by atoms with Crippen molar-refractivity contribution in [3.05, 3.63) is 76.3 Å². The molecule has 0 saturated carbocycles. The van der Waals surface area contributed by atoms with Gasteiger partial charge in [0.25, 0.3) is 0 Å². The molecule has 4 nitrogen and oxygen atoms in total. The van der Waals surface area contributed by atoms with E-state index in [0.717, 1.165) is 22.5 Å². The number of rotatable bonds is 2. The highest BCUT2D eigenvalue weighted by atomic mass is 35.5. The van der Waals surface area contributed by atoms with Crippen molar-refractivity contribution in [2.45, 2.75) is 13.2 Å². The van der Waals surface area contributed by atoms with E-state index in [0.29, 0.717) is 17.4 Å². The summed E-state index contributed by atoms with van der Waals surface area (Å²) in [6, 6.07) is 15.3. The van der Waals surface area contributed by atoms with Gasteiger partial charge < -0.3 is 0 Å². The number of hydrogen-bond acceptors (Lipinski definition) is 3. The Hall–Kier alpha value is -2.53. The Balaban J connectivity index is 2.00. The Labute approximate surface area is 137 Å². The highest BCUT2D eigenvalue weighted by Crippen LogP contribution is 2.28. The van der Waals surface area contributed by atoms with E-state index in [-0.39, 0.29) is 5.82 Å². The first-order chi connectivity index (χ1) is 11.3. The van der Waals surface area contributed by atoms with Crippen molar-refractivity contribution in [2.75, 3.05) is 0 Å². The normalized spacial score (nSPS) is 13.0. The Morgan fingerprint density at radius 3 is 2.70 bits per heavy atom. The first kappa shape index (κ1) is 14.1. The third-order valence-electron chi connectivity index (χ3n) is 3.80. The molecule has 0 bridgehead atoms. The number of alkyl halides is 1. The molecule has 0 saturated heterocycles. The van der Waals surface area contributed by atoms with Crippen LogP contribution in [-0.4, -0.2) is 20.5 Å². The van der Waals surface area contributed by atoms with Crippen LogP contribution < -0.4 is 0 Å². The summed E-state index contributed by atoms with van der Waals surface area (Å²) in [5.41, 5.74) is 3.44. The van der Waals surface area contributed by atoms with E-state index < -0.39 is 6.67 Å². The zero-order valence-electron chi connectivity index (χ0n) is 12.1. The number of halogens is 2. The molecule has 0 aliphatic carbocycles. The fraction of sp³-hybridized carbons (Fsp3) is 0.118.